The lowest BCUT2D eigenvalue weighted by Crippen LogP contribution is -2.49. The van der Waals surface area contributed by atoms with Crippen molar-refractivity contribution in [3.05, 3.63) is 76.5 Å². The Kier molecular flexibility index (Phi) is 6.95. The van der Waals surface area contributed by atoms with Crippen molar-refractivity contribution in [1.82, 2.24) is 15.0 Å². The number of ether oxygens (including phenoxy) is 1. The molecule has 0 saturated carbocycles. The number of carbonyl (C=O) groups is 2. The van der Waals surface area contributed by atoms with Gasteiger partial charge >= 0.3 is 11.7 Å². The van der Waals surface area contributed by atoms with Crippen molar-refractivity contribution in [2.45, 2.75) is 20.2 Å². The Morgan fingerprint density at radius 3 is 2.50 bits per heavy atom. The van der Waals surface area contributed by atoms with Gasteiger partial charge in [0.2, 0.25) is 5.91 Å². The second-order valence-electron chi connectivity index (χ2n) is 7.91. The molecule has 3 aromatic rings. The molecule has 0 bridgehead atoms. The van der Waals surface area contributed by atoms with Crippen molar-refractivity contribution < 1.29 is 23.2 Å². The molecule has 2 amide bonds. The Morgan fingerprint density at radius 2 is 1.82 bits per heavy atom. The number of anilines is 1. The van der Waals surface area contributed by atoms with Gasteiger partial charge in [0.15, 0.2) is 0 Å². The van der Waals surface area contributed by atoms with Gasteiger partial charge in [0.05, 0.1) is 17.4 Å². The summed E-state index contributed by atoms with van der Waals surface area (Å²) in [6, 6.07) is 14.0. The molecule has 1 saturated heterocycles. The normalized spacial score (nSPS) is 13.6. The summed E-state index contributed by atoms with van der Waals surface area (Å²) in [5.74, 6) is -0.746. The summed E-state index contributed by atoms with van der Waals surface area (Å²) in [6.45, 7) is 3.27. The van der Waals surface area contributed by atoms with Crippen molar-refractivity contribution in [2.75, 3.05) is 31.1 Å². The van der Waals surface area contributed by atoms with Gasteiger partial charge in [-0.3, -0.25) is 4.79 Å². The zero-order chi connectivity index (χ0) is 24.1. The van der Waals surface area contributed by atoms with Gasteiger partial charge in [0.25, 0.3) is 0 Å². The summed E-state index contributed by atoms with van der Waals surface area (Å²) in [6.07, 6.45) is 1.03. The van der Waals surface area contributed by atoms with Crippen LogP contribution >= 0.6 is 0 Å². The molecular formula is C24H25FN4O5. The van der Waals surface area contributed by atoms with Crippen LogP contribution in [0, 0.1) is 5.82 Å². The molecule has 1 N–H and O–H groups in total. The standard InChI is InChI=1S/C24H25FN4O5/c1-17(30)26-16-29-14-20(23(31)34-29)19-7-8-22(21(25)13-19)27-9-11-28(12-10-27)24(32)33-15-18-5-3-2-4-6-18/h2-8,13-14H,9-12,15-16H2,1H3,(H,26,30). The number of carbonyl (C=O) groups excluding carboxylic acids is 2. The van der Waals surface area contributed by atoms with Crippen LogP contribution in [0.1, 0.15) is 12.5 Å². The largest absolute Gasteiger partial charge is 0.445 e. The van der Waals surface area contributed by atoms with E-state index in [1.54, 1.807) is 17.0 Å². The summed E-state index contributed by atoms with van der Waals surface area (Å²) in [4.78, 5) is 39.0. The Labute approximate surface area is 195 Å². The van der Waals surface area contributed by atoms with Crippen LogP contribution in [0.15, 0.2) is 64.0 Å². The van der Waals surface area contributed by atoms with E-state index in [1.807, 2.05) is 35.2 Å². The lowest BCUT2D eigenvalue weighted by molar-refractivity contribution is -0.119. The van der Waals surface area contributed by atoms with Crippen molar-refractivity contribution in [2.24, 2.45) is 0 Å². The summed E-state index contributed by atoms with van der Waals surface area (Å²) < 4.78 is 26.5. The molecule has 1 aromatic heterocycles. The first-order chi connectivity index (χ1) is 16.4. The lowest BCUT2D eigenvalue weighted by Gasteiger charge is -2.35. The molecule has 178 valence electrons. The van der Waals surface area contributed by atoms with Crippen LogP contribution in [0.4, 0.5) is 14.9 Å². The zero-order valence-electron chi connectivity index (χ0n) is 18.7. The number of nitrogens with zero attached hydrogens (tertiary/aromatic N) is 3. The molecule has 2 heterocycles. The fourth-order valence-electron chi connectivity index (χ4n) is 3.71. The van der Waals surface area contributed by atoms with E-state index in [9.17, 15) is 18.8 Å². The first-order valence-electron chi connectivity index (χ1n) is 10.9. The molecule has 34 heavy (non-hydrogen) atoms. The van der Waals surface area contributed by atoms with Crippen LogP contribution < -0.4 is 15.8 Å². The maximum atomic E-state index is 14.9. The summed E-state index contributed by atoms with van der Waals surface area (Å²) in [5, 5.41) is 2.52. The fourth-order valence-corrected chi connectivity index (χ4v) is 3.71. The van der Waals surface area contributed by atoms with Gasteiger partial charge in [-0.2, -0.15) is 4.74 Å². The average Bonchev–Trinajstić information content (AvgIpc) is 3.22. The number of halogens is 1. The topological polar surface area (TPSA) is 97.0 Å². The van der Waals surface area contributed by atoms with E-state index < -0.39 is 17.5 Å². The van der Waals surface area contributed by atoms with Gasteiger partial charge in [-0.05, 0) is 23.3 Å². The van der Waals surface area contributed by atoms with Crippen LogP contribution in [-0.4, -0.2) is 47.8 Å². The Balaban J connectivity index is 1.35. The first kappa shape index (κ1) is 23.1. The molecular weight excluding hydrogens is 443 g/mol. The SMILES string of the molecule is CC(=O)NCn1cc(-c2ccc(N3CCN(C(=O)OCc4ccccc4)CC3)c(F)c2)c(=O)o1. The van der Waals surface area contributed by atoms with Crippen LogP contribution in [0.3, 0.4) is 0 Å². The van der Waals surface area contributed by atoms with Crippen LogP contribution in [0.25, 0.3) is 11.1 Å². The molecule has 0 spiro atoms. The van der Waals surface area contributed by atoms with Gasteiger partial charge in [0.1, 0.15) is 19.1 Å². The number of hydrogen-bond donors (Lipinski definition) is 1. The molecule has 2 aromatic carbocycles. The highest BCUT2D eigenvalue weighted by Gasteiger charge is 2.24. The van der Waals surface area contributed by atoms with Gasteiger partial charge in [-0.15, -0.1) is 0 Å². The van der Waals surface area contributed by atoms with Crippen LogP contribution in [-0.2, 0) is 22.8 Å². The molecule has 0 aliphatic carbocycles. The number of rotatable bonds is 6. The molecule has 0 radical (unpaired) electrons. The second-order valence-corrected chi connectivity index (χ2v) is 7.91. The van der Waals surface area contributed by atoms with Gasteiger partial charge in [-0.25, -0.2) is 14.0 Å². The molecule has 0 unspecified atom stereocenters. The third kappa shape index (κ3) is 5.45. The van der Waals surface area contributed by atoms with Crippen molar-refractivity contribution >= 4 is 17.7 Å². The van der Waals surface area contributed by atoms with E-state index in [0.29, 0.717) is 37.4 Å². The van der Waals surface area contributed by atoms with Crippen LogP contribution in [0.2, 0.25) is 0 Å². The molecule has 4 rings (SSSR count). The zero-order valence-corrected chi connectivity index (χ0v) is 18.7. The number of piperazine rings is 1. The number of aromatic nitrogens is 1. The van der Waals surface area contributed by atoms with Crippen molar-refractivity contribution in [1.29, 1.82) is 0 Å². The third-order valence-corrected chi connectivity index (χ3v) is 5.52. The highest BCUT2D eigenvalue weighted by Crippen LogP contribution is 2.26. The molecule has 1 aliphatic heterocycles. The minimum absolute atomic E-state index is 0.00317. The summed E-state index contributed by atoms with van der Waals surface area (Å²) >= 11 is 0. The average molecular weight is 468 g/mol. The molecule has 9 nitrogen and oxygen atoms in total. The smallest absolute Gasteiger partial charge is 0.410 e. The van der Waals surface area contributed by atoms with E-state index >= 15 is 0 Å². The predicted octanol–water partition coefficient (Wildman–Crippen LogP) is 2.80. The van der Waals surface area contributed by atoms with E-state index in [-0.39, 0.29) is 24.7 Å². The lowest BCUT2D eigenvalue weighted by atomic mass is 10.1. The number of amides is 2. The molecule has 1 aliphatic rings. The Bertz CT molecular complexity index is 1220. The number of benzene rings is 2. The Morgan fingerprint density at radius 1 is 1.09 bits per heavy atom. The van der Waals surface area contributed by atoms with Gasteiger partial charge in [-0.1, -0.05) is 36.4 Å². The molecule has 10 heteroatoms. The van der Waals surface area contributed by atoms with E-state index in [4.69, 9.17) is 9.26 Å². The number of hydrogen-bond acceptors (Lipinski definition) is 6. The Hall–Kier alpha value is -4.08. The maximum Gasteiger partial charge on any atom is 0.410 e. The van der Waals surface area contributed by atoms with Crippen molar-refractivity contribution in [3.63, 3.8) is 0 Å². The second kappa shape index (κ2) is 10.2. The quantitative estimate of drug-likeness (QED) is 0.598. The van der Waals surface area contributed by atoms with E-state index in [1.165, 1.54) is 23.9 Å². The highest BCUT2D eigenvalue weighted by atomic mass is 19.1. The van der Waals surface area contributed by atoms with Gasteiger partial charge < -0.3 is 24.4 Å². The van der Waals surface area contributed by atoms with E-state index in [0.717, 1.165) is 5.56 Å². The molecule has 1 fully saturated rings. The monoisotopic (exact) mass is 468 g/mol. The summed E-state index contributed by atoms with van der Waals surface area (Å²) in [5.41, 5.74) is 1.25. The molecule has 0 atom stereocenters. The van der Waals surface area contributed by atoms with E-state index in [2.05, 4.69) is 5.32 Å². The van der Waals surface area contributed by atoms with Crippen LogP contribution in [0.5, 0.6) is 0 Å². The third-order valence-electron chi connectivity index (χ3n) is 5.52. The van der Waals surface area contributed by atoms with Crippen molar-refractivity contribution in [3.8, 4) is 11.1 Å². The summed E-state index contributed by atoms with van der Waals surface area (Å²) in [7, 11) is 0. The number of nitrogens with one attached hydrogen (secondary N) is 1. The fraction of sp³-hybridized carbons (Fsp3) is 0.292. The minimum Gasteiger partial charge on any atom is -0.445 e. The predicted molar refractivity (Wildman–Crippen MR) is 123 cm³/mol. The highest BCUT2D eigenvalue weighted by molar-refractivity contribution is 5.72. The first-order valence-corrected chi connectivity index (χ1v) is 10.9. The minimum atomic E-state index is -0.625. The maximum absolute atomic E-state index is 14.9. The van der Waals surface area contributed by atoms with Gasteiger partial charge in [0, 0.05) is 33.1 Å².